The van der Waals surface area contributed by atoms with Crippen molar-refractivity contribution in [2.75, 3.05) is 0 Å². The van der Waals surface area contributed by atoms with Crippen molar-refractivity contribution in [2.45, 2.75) is 13.3 Å². The van der Waals surface area contributed by atoms with Crippen molar-refractivity contribution in [3.63, 3.8) is 0 Å². The van der Waals surface area contributed by atoms with Gasteiger partial charge in [-0.2, -0.15) is 4.99 Å². The molecule has 3 aromatic rings. The number of carbonyl (C=O) groups is 1. The molecule has 7 heteroatoms. The van der Waals surface area contributed by atoms with Gasteiger partial charge in [-0.1, -0.05) is 12.1 Å². The summed E-state index contributed by atoms with van der Waals surface area (Å²) in [7, 11) is 1.85. The minimum atomic E-state index is -0.275. The fraction of sp³-hybridized carbons (Fsp3) is 0.188. The molecule has 0 aliphatic carbocycles. The van der Waals surface area contributed by atoms with Crippen molar-refractivity contribution in [3.05, 3.63) is 67.6 Å². The lowest BCUT2D eigenvalue weighted by Crippen LogP contribution is -2.12. The molecule has 0 saturated heterocycles. The third-order valence-corrected chi connectivity index (χ3v) is 5.25. The van der Waals surface area contributed by atoms with Crippen LogP contribution in [0.3, 0.4) is 0 Å². The van der Waals surface area contributed by atoms with Crippen molar-refractivity contribution in [1.29, 1.82) is 0 Å². The van der Waals surface area contributed by atoms with Gasteiger partial charge in [-0.25, -0.2) is 9.37 Å². The van der Waals surface area contributed by atoms with Gasteiger partial charge in [-0.15, -0.1) is 22.7 Å². The van der Waals surface area contributed by atoms with E-state index in [1.54, 1.807) is 16.7 Å². The van der Waals surface area contributed by atoms with E-state index in [0.29, 0.717) is 21.8 Å². The van der Waals surface area contributed by atoms with E-state index in [1.807, 2.05) is 25.5 Å². The first-order valence-corrected chi connectivity index (χ1v) is 8.62. The summed E-state index contributed by atoms with van der Waals surface area (Å²) in [5.41, 5.74) is 1.64. The molecule has 1 amide bonds. The van der Waals surface area contributed by atoms with Gasteiger partial charge in [0.15, 0.2) is 4.80 Å². The lowest BCUT2D eigenvalue weighted by molar-refractivity contribution is 0.100. The van der Waals surface area contributed by atoms with Crippen LogP contribution in [-0.4, -0.2) is 15.5 Å². The molecule has 0 saturated carbocycles. The Morgan fingerprint density at radius 1 is 1.35 bits per heavy atom. The van der Waals surface area contributed by atoms with Crippen LogP contribution in [0.15, 0.2) is 40.8 Å². The molecule has 4 nitrogen and oxygen atoms in total. The van der Waals surface area contributed by atoms with Crippen molar-refractivity contribution in [1.82, 2.24) is 9.55 Å². The van der Waals surface area contributed by atoms with Gasteiger partial charge in [0, 0.05) is 25.0 Å². The van der Waals surface area contributed by atoms with E-state index in [9.17, 15) is 9.18 Å². The molecule has 1 aromatic carbocycles. The van der Waals surface area contributed by atoms with E-state index in [-0.39, 0.29) is 11.7 Å². The zero-order chi connectivity index (χ0) is 16.4. The summed E-state index contributed by atoms with van der Waals surface area (Å²) < 4.78 is 14.7. The van der Waals surface area contributed by atoms with E-state index in [0.717, 1.165) is 10.6 Å². The van der Waals surface area contributed by atoms with Gasteiger partial charge in [0.05, 0.1) is 10.7 Å². The summed E-state index contributed by atoms with van der Waals surface area (Å²) in [6.45, 7) is 1.81. The Hall–Kier alpha value is -2.12. The average molecular weight is 347 g/mol. The van der Waals surface area contributed by atoms with Crippen molar-refractivity contribution < 1.29 is 9.18 Å². The normalized spacial score (nSPS) is 11.9. The minimum Gasteiger partial charge on any atom is -0.327 e. The van der Waals surface area contributed by atoms with Crippen molar-refractivity contribution in [2.24, 2.45) is 12.0 Å². The number of nitrogens with zero attached hydrogens (tertiary/aromatic N) is 3. The summed E-state index contributed by atoms with van der Waals surface area (Å²) >= 11 is 2.75. The Bertz CT molecular complexity index is 906. The van der Waals surface area contributed by atoms with Crippen molar-refractivity contribution in [3.8, 4) is 0 Å². The SMILES string of the molecule is Cc1nc(Cc2ccc(F)cc2)sc1C(=O)N=c1sccn1C. The lowest BCUT2D eigenvalue weighted by Gasteiger charge is -1.96. The molecule has 2 aromatic heterocycles. The van der Waals surface area contributed by atoms with Crippen LogP contribution < -0.4 is 4.80 Å². The number of rotatable bonds is 3. The molecule has 0 bridgehead atoms. The number of amides is 1. The van der Waals surface area contributed by atoms with Crippen molar-refractivity contribution >= 4 is 28.6 Å². The topological polar surface area (TPSA) is 47.2 Å². The third kappa shape index (κ3) is 3.62. The molecule has 118 valence electrons. The number of thiazole rings is 2. The highest BCUT2D eigenvalue weighted by atomic mass is 32.1. The molecule has 0 atom stereocenters. The van der Waals surface area contributed by atoms with Crippen LogP contribution in [0.5, 0.6) is 0 Å². The quantitative estimate of drug-likeness (QED) is 0.730. The summed E-state index contributed by atoms with van der Waals surface area (Å²) in [4.78, 5) is 22.1. The molecule has 0 unspecified atom stereocenters. The lowest BCUT2D eigenvalue weighted by atomic mass is 10.1. The van der Waals surface area contributed by atoms with E-state index < -0.39 is 0 Å². The van der Waals surface area contributed by atoms with Crippen LogP contribution in [0.25, 0.3) is 0 Å². The molecule has 23 heavy (non-hydrogen) atoms. The Balaban J connectivity index is 1.85. The van der Waals surface area contributed by atoms with Gasteiger partial charge in [0.25, 0.3) is 5.91 Å². The van der Waals surface area contributed by atoms with E-state index in [4.69, 9.17) is 0 Å². The van der Waals surface area contributed by atoms with E-state index in [1.165, 1.54) is 34.8 Å². The fourth-order valence-electron chi connectivity index (χ4n) is 2.08. The van der Waals surface area contributed by atoms with Gasteiger partial charge < -0.3 is 4.57 Å². The molecular formula is C16H14FN3OS2. The van der Waals surface area contributed by atoms with Gasteiger partial charge >= 0.3 is 0 Å². The monoisotopic (exact) mass is 347 g/mol. The predicted molar refractivity (Wildman–Crippen MR) is 89.2 cm³/mol. The second-order valence-corrected chi connectivity index (χ2v) is 7.00. The van der Waals surface area contributed by atoms with Crippen LogP contribution in [0.1, 0.15) is 25.9 Å². The van der Waals surface area contributed by atoms with E-state index in [2.05, 4.69) is 9.98 Å². The summed E-state index contributed by atoms with van der Waals surface area (Å²) in [5.74, 6) is -0.536. The third-order valence-electron chi connectivity index (χ3n) is 3.26. The van der Waals surface area contributed by atoms with Crippen LogP contribution in [0.4, 0.5) is 4.39 Å². The smallest absolute Gasteiger partial charge is 0.291 e. The summed E-state index contributed by atoms with van der Waals surface area (Å²) in [6.07, 6.45) is 2.43. The molecule has 0 N–H and O–H groups in total. The maximum absolute atomic E-state index is 12.9. The van der Waals surface area contributed by atoms with Gasteiger partial charge in [0.2, 0.25) is 0 Å². The molecule has 0 radical (unpaired) electrons. The first-order valence-electron chi connectivity index (χ1n) is 6.93. The van der Waals surface area contributed by atoms with Crippen LogP contribution in [0, 0.1) is 12.7 Å². The van der Waals surface area contributed by atoms with Crippen LogP contribution in [0.2, 0.25) is 0 Å². The molecule has 3 rings (SSSR count). The van der Waals surface area contributed by atoms with E-state index >= 15 is 0 Å². The van der Waals surface area contributed by atoms with Gasteiger partial charge in [-0.05, 0) is 24.6 Å². The van der Waals surface area contributed by atoms with Crippen LogP contribution >= 0.6 is 22.7 Å². The summed E-state index contributed by atoms with van der Waals surface area (Å²) in [5, 5.41) is 2.70. The molecule has 0 spiro atoms. The highest BCUT2D eigenvalue weighted by molar-refractivity contribution is 7.13. The van der Waals surface area contributed by atoms with Crippen LogP contribution in [-0.2, 0) is 13.5 Å². The average Bonchev–Trinajstić information content (AvgIpc) is 3.08. The number of hydrogen-bond acceptors (Lipinski definition) is 4. The second kappa shape index (κ2) is 6.55. The first kappa shape index (κ1) is 15.8. The standard InChI is InChI=1S/C16H14FN3OS2/c1-10-14(15(21)19-16-20(2)7-8-22-16)23-13(18-10)9-11-3-5-12(17)6-4-11/h3-8H,9H2,1-2H3. The highest BCUT2D eigenvalue weighted by Gasteiger charge is 2.15. The zero-order valence-electron chi connectivity index (χ0n) is 12.6. The fourth-order valence-corrected chi connectivity index (χ4v) is 3.79. The molecular weight excluding hydrogens is 333 g/mol. The number of aryl methyl sites for hydroxylation is 2. The number of carbonyl (C=O) groups excluding carboxylic acids is 1. The highest BCUT2D eigenvalue weighted by Crippen LogP contribution is 2.21. The Labute approximate surface area is 140 Å². The number of benzene rings is 1. The maximum Gasteiger partial charge on any atom is 0.291 e. The summed E-state index contributed by atoms with van der Waals surface area (Å²) in [6, 6.07) is 6.30. The van der Waals surface area contributed by atoms with Gasteiger partial charge in [0.1, 0.15) is 10.7 Å². The van der Waals surface area contributed by atoms with Gasteiger partial charge in [-0.3, -0.25) is 4.79 Å². The molecule has 0 fully saturated rings. The molecule has 0 aliphatic rings. The minimum absolute atomic E-state index is 0.262. The number of aromatic nitrogens is 2. The Morgan fingerprint density at radius 3 is 2.74 bits per heavy atom. The second-order valence-electron chi connectivity index (χ2n) is 5.04. The Kier molecular flexibility index (Phi) is 4.49. The number of halogens is 1. The number of hydrogen-bond donors (Lipinski definition) is 0. The predicted octanol–water partition coefficient (Wildman–Crippen LogP) is 3.32. The zero-order valence-corrected chi connectivity index (χ0v) is 14.2. The largest absolute Gasteiger partial charge is 0.327 e. The Morgan fingerprint density at radius 2 is 2.09 bits per heavy atom. The molecule has 2 heterocycles. The first-order chi connectivity index (χ1) is 11.0. The molecule has 0 aliphatic heterocycles. The maximum atomic E-state index is 12.9.